The van der Waals surface area contributed by atoms with Crippen LogP contribution in [0.15, 0.2) is 0 Å². The molecule has 0 bridgehead atoms. The topological polar surface area (TPSA) is 15.3 Å². The minimum Gasteiger partial charge on any atom is -0.306 e. The van der Waals surface area contributed by atoms with Crippen LogP contribution in [-0.2, 0) is 0 Å². The fraction of sp³-hybridized carbons (Fsp3) is 1.00. The highest BCUT2D eigenvalue weighted by molar-refractivity contribution is 5.00. The van der Waals surface area contributed by atoms with Crippen molar-refractivity contribution in [3.63, 3.8) is 0 Å². The molecular weight excluding hydrogens is 172 g/mol. The van der Waals surface area contributed by atoms with Gasteiger partial charge in [-0.2, -0.15) is 0 Å². The van der Waals surface area contributed by atoms with Gasteiger partial charge in [-0.1, -0.05) is 6.92 Å². The van der Waals surface area contributed by atoms with Gasteiger partial charge in [0.25, 0.3) is 0 Å². The van der Waals surface area contributed by atoms with E-state index < -0.39 is 0 Å². The third-order valence-electron chi connectivity index (χ3n) is 3.58. The minimum absolute atomic E-state index is 0.276. The summed E-state index contributed by atoms with van der Waals surface area (Å²) in [5.74, 6) is 0. The van der Waals surface area contributed by atoms with Gasteiger partial charge < -0.3 is 10.2 Å². The lowest BCUT2D eigenvalue weighted by Crippen LogP contribution is -2.62. The second-order valence-electron chi connectivity index (χ2n) is 5.95. The number of rotatable bonds is 2. The molecule has 84 valence electrons. The lowest BCUT2D eigenvalue weighted by atomic mass is 9.77. The Morgan fingerprint density at radius 3 is 2.21 bits per heavy atom. The quantitative estimate of drug-likeness (QED) is 0.732. The molecule has 1 aliphatic rings. The van der Waals surface area contributed by atoms with E-state index >= 15 is 0 Å². The summed E-state index contributed by atoms with van der Waals surface area (Å²) >= 11 is 0. The summed E-state index contributed by atoms with van der Waals surface area (Å²) in [4.78, 5) is 2.37. The predicted octanol–water partition coefficient (Wildman–Crippen LogP) is 2.25. The van der Waals surface area contributed by atoms with Crippen LogP contribution in [0.25, 0.3) is 0 Å². The van der Waals surface area contributed by atoms with Crippen LogP contribution in [0.4, 0.5) is 0 Å². The molecule has 0 aromatic heterocycles. The summed E-state index contributed by atoms with van der Waals surface area (Å²) in [5.41, 5.74) is 0.592. The van der Waals surface area contributed by atoms with Gasteiger partial charge in [-0.05, 0) is 54.1 Å². The number of hydrogen-bond donors (Lipinski definition) is 1. The molecule has 0 aliphatic carbocycles. The second kappa shape index (κ2) is 3.82. The van der Waals surface area contributed by atoms with Gasteiger partial charge in [0.2, 0.25) is 0 Å². The Labute approximate surface area is 89.1 Å². The number of hydrogen-bond acceptors (Lipinski definition) is 2. The third-order valence-corrected chi connectivity index (χ3v) is 3.58. The van der Waals surface area contributed by atoms with Crippen LogP contribution in [-0.4, -0.2) is 36.1 Å². The first kappa shape index (κ1) is 12.0. The van der Waals surface area contributed by atoms with E-state index in [-0.39, 0.29) is 5.54 Å². The third kappa shape index (κ3) is 2.71. The molecule has 0 amide bonds. The maximum atomic E-state index is 3.78. The standard InChI is InChI=1S/C12H26N2/c1-7-12(4)9-10(14(5)6)8-11(2,3)13-12/h10,13H,7-9H2,1-6H3. The summed E-state index contributed by atoms with van der Waals surface area (Å²) in [7, 11) is 4.39. The molecule has 1 aliphatic heterocycles. The van der Waals surface area contributed by atoms with Crippen LogP contribution < -0.4 is 5.32 Å². The maximum absolute atomic E-state index is 3.78. The second-order valence-corrected chi connectivity index (χ2v) is 5.95. The molecule has 1 N–H and O–H groups in total. The first-order chi connectivity index (χ1) is 6.28. The molecule has 0 aromatic carbocycles. The molecule has 0 saturated carbocycles. The van der Waals surface area contributed by atoms with Gasteiger partial charge in [0, 0.05) is 17.1 Å². The van der Waals surface area contributed by atoms with E-state index in [2.05, 4.69) is 52.0 Å². The largest absolute Gasteiger partial charge is 0.306 e. The molecule has 14 heavy (non-hydrogen) atoms. The van der Waals surface area contributed by atoms with E-state index in [1.165, 1.54) is 19.3 Å². The molecule has 2 atom stereocenters. The molecular formula is C12H26N2. The van der Waals surface area contributed by atoms with E-state index in [9.17, 15) is 0 Å². The van der Waals surface area contributed by atoms with Gasteiger partial charge in [-0.15, -0.1) is 0 Å². The van der Waals surface area contributed by atoms with Gasteiger partial charge in [-0.3, -0.25) is 0 Å². The summed E-state index contributed by atoms with van der Waals surface area (Å²) < 4.78 is 0. The average molecular weight is 198 g/mol. The number of nitrogens with one attached hydrogen (secondary N) is 1. The van der Waals surface area contributed by atoms with Crippen molar-refractivity contribution in [3.8, 4) is 0 Å². The van der Waals surface area contributed by atoms with E-state index in [4.69, 9.17) is 0 Å². The van der Waals surface area contributed by atoms with Crippen molar-refractivity contribution < 1.29 is 0 Å². The average Bonchev–Trinajstić information content (AvgIpc) is 2.01. The van der Waals surface area contributed by atoms with Crippen molar-refractivity contribution in [3.05, 3.63) is 0 Å². The van der Waals surface area contributed by atoms with Crippen LogP contribution in [0.2, 0.25) is 0 Å². The Balaban J connectivity index is 2.77. The highest BCUT2D eigenvalue weighted by Gasteiger charge is 2.39. The van der Waals surface area contributed by atoms with Gasteiger partial charge in [0.05, 0.1) is 0 Å². The molecule has 2 heteroatoms. The molecule has 2 unspecified atom stereocenters. The Morgan fingerprint density at radius 2 is 1.79 bits per heavy atom. The van der Waals surface area contributed by atoms with Gasteiger partial charge in [0.1, 0.15) is 0 Å². The van der Waals surface area contributed by atoms with Crippen LogP contribution in [0.5, 0.6) is 0 Å². The number of piperidine rings is 1. The summed E-state index contributed by atoms with van der Waals surface area (Å²) in [5, 5.41) is 3.78. The van der Waals surface area contributed by atoms with Crippen LogP contribution in [0.3, 0.4) is 0 Å². The van der Waals surface area contributed by atoms with E-state index in [1.54, 1.807) is 0 Å². The summed E-state index contributed by atoms with van der Waals surface area (Å²) in [6.45, 7) is 9.26. The Kier molecular flexibility index (Phi) is 3.27. The predicted molar refractivity (Wildman–Crippen MR) is 62.6 cm³/mol. The van der Waals surface area contributed by atoms with Crippen molar-refractivity contribution in [2.75, 3.05) is 14.1 Å². The van der Waals surface area contributed by atoms with E-state index in [0.29, 0.717) is 5.54 Å². The molecule has 1 rings (SSSR count). The van der Waals surface area contributed by atoms with Gasteiger partial charge >= 0.3 is 0 Å². The molecule has 2 nitrogen and oxygen atoms in total. The van der Waals surface area contributed by atoms with Gasteiger partial charge in [0.15, 0.2) is 0 Å². The smallest absolute Gasteiger partial charge is 0.0170 e. The maximum Gasteiger partial charge on any atom is 0.0170 e. The zero-order valence-electron chi connectivity index (χ0n) is 10.6. The zero-order valence-corrected chi connectivity index (χ0v) is 10.6. The fourth-order valence-corrected chi connectivity index (χ4v) is 2.70. The zero-order chi connectivity index (χ0) is 11.0. The normalized spacial score (nSPS) is 37.5. The molecule has 0 spiro atoms. The van der Waals surface area contributed by atoms with E-state index in [0.717, 1.165) is 6.04 Å². The molecule has 0 radical (unpaired) electrons. The van der Waals surface area contributed by atoms with Crippen LogP contribution in [0, 0.1) is 0 Å². The number of nitrogens with zero attached hydrogens (tertiary/aromatic N) is 1. The fourth-order valence-electron chi connectivity index (χ4n) is 2.70. The highest BCUT2D eigenvalue weighted by Crippen LogP contribution is 2.32. The van der Waals surface area contributed by atoms with Crippen molar-refractivity contribution in [2.45, 2.75) is 64.1 Å². The monoisotopic (exact) mass is 198 g/mol. The highest BCUT2D eigenvalue weighted by atomic mass is 15.2. The van der Waals surface area contributed by atoms with Crippen molar-refractivity contribution in [1.29, 1.82) is 0 Å². The lowest BCUT2D eigenvalue weighted by molar-refractivity contribution is 0.0834. The van der Waals surface area contributed by atoms with Crippen molar-refractivity contribution in [2.24, 2.45) is 0 Å². The summed E-state index contributed by atoms with van der Waals surface area (Å²) in [6.07, 6.45) is 3.72. The first-order valence-electron chi connectivity index (χ1n) is 5.74. The first-order valence-corrected chi connectivity index (χ1v) is 5.74. The SMILES string of the molecule is CCC1(C)CC(N(C)C)CC(C)(C)N1. The molecule has 1 saturated heterocycles. The lowest BCUT2D eigenvalue weighted by Gasteiger charge is -2.49. The Morgan fingerprint density at radius 1 is 1.21 bits per heavy atom. The van der Waals surface area contributed by atoms with Crippen molar-refractivity contribution in [1.82, 2.24) is 10.2 Å². The van der Waals surface area contributed by atoms with Crippen molar-refractivity contribution >= 4 is 0 Å². The summed E-state index contributed by atoms with van der Waals surface area (Å²) in [6, 6.07) is 0.719. The minimum atomic E-state index is 0.276. The van der Waals surface area contributed by atoms with Gasteiger partial charge in [-0.25, -0.2) is 0 Å². The van der Waals surface area contributed by atoms with E-state index in [1.807, 2.05) is 0 Å². The molecule has 1 fully saturated rings. The molecule has 0 aromatic rings. The Bertz CT molecular complexity index is 198. The molecule has 1 heterocycles. The van der Waals surface area contributed by atoms with Crippen LogP contribution >= 0.6 is 0 Å². The Hall–Kier alpha value is -0.0800. The van der Waals surface area contributed by atoms with Crippen LogP contribution in [0.1, 0.15) is 47.0 Å².